The number of hydrogen-bond donors (Lipinski definition) is 3. The SMILES string of the molecule is CC(NC(=O)C1(C)CCNC1)c1cc(F)ccc1N1CCC(O)CC1.Cl.Cl. The van der Waals surface area contributed by atoms with Crippen molar-refractivity contribution in [3.63, 3.8) is 0 Å². The smallest absolute Gasteiger partial charge is 0.227 e. The van der Waals surface area contributed by atoms with Crippen LogP contribution in [0, 0.1) is 11.2 Å². The zero-order chi connectivity index (χ0) is 18.0. The lowest BCUT2D eigenvalue weighted by Gasteiger charge is -2.34. The minimum absolute atomic E-state index is 0. The van der Waals surface area contributed by atoms with Gasteiger partial charge in [0.2, 0.25) is 5.91 Å². The standard InChI is InChI=1S/C19H28FN3O2.2ClH/c1-13(22-18(25)19(2)7-8-21-12-19)16-11-14(20)3-4-17(16)23-9-5-15(24)6-10-23;;/h3-4,11,13,15,21,24H,5-10,12H2,1-2H3,(H,22,25);2*1H. The van der Waals surface area contributed by atoms with Gasteiger partial charge < -0.3 is 20.6 Å². The molecular weight excluding hydrogens is 392 g/mol. The lowest BCUT2D eigenvalue weighted by atomic mass is 9.88. The maximum Gasteiger partial charge on any atom is 0.227 e. The minimum Gasteiger partial charge on any atom is -0.393 e. The van der Waals surface area contributed by atoms with Crippen LogP contribution in [0.3, 0.4) is 0 Å². The van der Waals surface area contributed by atoms with Gasteiger partial charge in [-0.25, -0.2) is 4.39 Å². The predicted octanol–water partition coefficient (Wildman–Crippen LogP) is 2.81. The third-order valence-corrected chi connectivity index (χ3v) is 5.53. The molecule has 1 amide bonds. The van der Waals surface area contributed by atoms with Crippen molar-refractivity contribution >= 4 is 36.4 Å². The second kappa shape index (κ2) is 9.92. The summed E-state index contributed by atoms with van der Waals surface area (Å²) in [7, 11) is 0. The number of benzene rings is 1. The number of rotatable bonds is 4. The first-order chi connectivity index (χ1) is 11.9. The fourth-order valence-corrected chi connectivity index (χ4v) is 3.73. The van der Waals surface area contributed by atoms with Gasteiger partial charge >= 0.3 is 0 Å². The number of aliphatic hydroxyl groups excluding tert-OH is 1. The molecule has 1 aromatic carbocycles. The maximum absolute atomic E-state index is 13.9. The van der Waals surface area contributed by atoms with Gasteiger partial charge in [0.15, 0.2) is 0 Å². The van der Waals surface area contributed by atoms with Gasteiger partial charge in [0.25, 0.3) is 0 Å². The Morgan fingerprint density at radius 3 is 2.63 bits per heavy atom. The van der Waals surface area contributed by atoms with Crippen molar-refractivity contribution in [1.82, 2.24) is 10.6 Å². The molecule has 2 atom stereocenters. The molecule has 2 aliphatic heterocycles. The van der Waals surface area contributed by atoms with Gasteiger partial charge in [-0.2, -0.15) is 0 Å². The van der Waals surface area contributed by atoms with Crippen molar-refractivity contribution in [3.8, 4) is 0 Å². The number of hydrogen-bond acceptors (Lipinski definition) is 4. The summed E-state index contributed by atoms with van der Waals surface area (Å²) in [5.41, 5.74) is 1.33. The quantitative estimate of drug-likeness (QED) is 0.699. The van der Waals surface area contributed by atoms with Gasteiger partial charge in [-0.3, -0.25) is 4.79 Å². The Bertz CT molecular complexity index is 633. The van der Waals surface area contributed by atoms with Crippen LogP contribution in [0.25, 0.3) is 0 Å². The molecule has 2 aliphatic rings. The number of nitrogens with zero attached hydrogens (tertiary/aromatic N) is 1. The topological polar surface area (TPSA) is 64.6 Å². The molecule has 1 aromatic rings. The van der Waals surface area contributed by atoms with Crippen LogP contribution >= 0.6 is 24.8 Å². The van der Waals surface area contributed by atoms with E-state index in [1.54, 1.807) is 6.07 Å². The number of anilines is 1. The van der Waals surface area contributed by atoms with Crippen molar-refractivity contribution < 1.29 is 14.3 Å². The molecule has 2 heterocycles. The first-order valence-corrected chi connectivity index (χ1v) is 9.13. The summed E-state index contributed by atoms with van der Waals surface area (Å²) in [4.78, 5) is 14.8. The number of aliphatic hydroxyl groups is 1. The lowest BCUT2D eigenvalue weighted by Crippen LogP contribution is -2.42. The normalized spacial score (nSPS) is 23.9. The molecule has 3 rings (SSSR count). The molecule has 0 aromatic heterocycles. The van der Waals surface area contributed by atoms with Crippen LogP contribution in [0.4, 0.5) is 10.1 Å². The lowest BCUT2D eigenvalue weighted by molar-refractivity contribution is -0.129. The van der Waals surface area contributed by atoms with Crippen LogP contribution in [0.1, 0.15) is 44.7 Å². The molecule has 3 N–H and O–H groups in total. The Balaban J connectivity index is 0.00000182. The molecule has 154 valence electrons. The number of carbonyl (C=O) groups excluding carboxylic acids is 1. The number of carbonyl (C=O) groups is 1. The molecule has 5 nitrogen and oxygen atoms in total. The number of nitrogens with one attached hydrogen (secondary N) is 2. The molecule has 0 bridgehead atoms. The van der Waals surface area contributed by atoms with Gasteiger partial charge in [-0.15, -0.1) is 24.8 Å². The number of piperidine rings is 1. The maximum atomic E-state index is 13.9. The van der Waals surface area contributed by atoms with Crippen molar-refractivity contribution in [2.24, 2.45) is 5.41 Å². The summed E-state index contributed by atoms with van der Waals surface area (Å²) in [6, 6.07) is 4.48. The molecule has 0 saturated carbocycles. The van der Waals surface area contributed by atoms with Crippen molar-refractivity contribution in [1.29, 1.82) is 0 Å². The average Bonchev–Trinajstić information content (AvgIpc) is 3.04. The molecule has 0 aliphatic carbocycles. The van der Waals surface area contributed by atoms with Gasteiger partial charge in [0.1, 0.15) is 5.82 Å². The fraction of sp³-hybridized carbons (Fsp3) is 0.632. The van der Waals surface area contributed by atoms with Crippen LogP contribution in [0.2, 0.25) is 0 Å². The number of amides is 1. The monoisotopic (exact) mass is 421 g/mol. The third kappa shape index (κ3) is 5.47. The van der Waals surface area contributed by atoms with E-state index in [1.807, 2.05) is 13.8 Å². The first-order valence-electron chi connectivity index (χ1n) is 9.13. The largest absolute Gasteiger partial charge is 0.393 e. The van der Waals surface area contributed by atoms with E-state index in [-0.39, 0.29) is 48.7 Å². The second-order valence-corrected chi connectivity index (χ2v) is 7.60. The van der Waals surface area contributed by atoms with E-state index in [9.17, 15) is 14.3 Å². The average molecular weight is 422 g/mol. The summed E-state index contributed by atoms with van der Waals surface area (Å²) < 4.78 is 13.9. The summed E-state index contributed by atoms with van der Waals surface area (Å²) in [6.45, 7) is 6.86. The molecule has 2 fully saturated rings. The zero-order valence-corrected chi connectivity index (χ0v) is 17.5. The third-order valence-electron chi connectivity index (χ3n) is 5.53. The summed E-state index contributed by atoms with van der Waals surface area (Å²) in [5.74, 6) is -0.292. The van der Waals surface area contributed by atoms with E-state index < -0.39 is 5.41 Å². The molecular formula is C19H30Cl2FN3O2. The van der Waals surface area contributed by atoms with Gasteiger partial charge in [0.05, 0.1) is 17.6 Å². The Morgan fingerprint density at radius 2 is 2.04 bits per heavy atom. The number of halogens is 3. The van der Waals surface area contributed by atoms with E-state index in [1.165, 1.54) is 12.1 Å². The van der Waals surface area contributed by atoms with E-state index >= 15 is 0 Å². The van der Waals surface area contributed by atoms with Gasteiger partial charge in [-0.05, 0) is 57.9 Å². The zero-order valence-electron chi connectivity index (χ0n) is 15.8. The van der Waals surface area contributed by atoms with Gasteiger partial charge in [0, 0.05) is 30.9 Å². The molecule has 0 radical (unpaired) electrons. The highest BCUT2D eigenvalue weighted by atomic mass is 35.5. The summed E-state index contributed by atoms with van der Waals surface area (Å²) >= 11 is 0. The predicted molar refractivity (Wildman–Crippen MR) is 111 cm³/mol. The van der Waals surface area contributed by atoms with Crippen LogP contribution in [0.15, 0.2) is 18.2 Å². The second-order valence-electron chi connectivity index (χ2n) is 7.60. The summed E-state index contributed by atoms with van der Waals surface area (Å²) in [6.07, 6.45) is 1.97. The molecule has 27 heavy (non-hydrogen) atoms. The van der Waals surface area contributed by atoms with E-state index in [0.717, 1.165) is 37.3 Å². The van der Waals surface area contributed by atoms with Crippen LogP contribution in [0.5, 0.6) is 0 Å². The van der Waals surface area contributed by atoms with Crippen molar-refractivity contribution in [2.75, 3.05) is 31.1 Å². The Morgan fingerprint density at radius 1 is 1.37 bits per heavy atom. The van der Waals surface area contributed by atoms with Crippen LogP contribution in [-0.4, -0.2) is 43.3 Å². The fourth-order valence-electron chi connectivity index (χ4n) is 3.73. The summed E-state index contributed by atoms with van der Waals surface area (Å²) in [5, 5.41) is 16.0. The van der Waals surface area contributed by atoms with Crippen molar-refractivity contribution in [2.45, 2.75) is 45.3 Å². The van der Waals surface area contributed by atoms with E-state index in [4.69, 9.17) is 0 Å². The highest BCUT2D eigenvalue weighted by Crippen LogP contribution is 2.31. The van der Waals surface area contributed by atoms with Crippen LogP contribution in [-0.2, 0) is 4.79 Å². The molecule has 8 heteroatoms. The first kappa shape index (κ1) is 24.0. The minimum atomic E-state index is -0.406. The molecule has 2 unspecified atom stereocenters. The Kier molecular flexibility index (Phi) is 8.80. The Labute approximate surface area is 172 Å². The van der Waals surface area contributed by atoms with E-state index in [0.29, 0.717) is 19.4 Å². The van der Waals surface area contributed by atoms with Crippen molar-refractivity contribution in [3.05, 3.63) is 29.6 Å². The van der Waals surface area contributed by atoms with E-state index in [2.05, 4.69) is 15.5 Å². The molecule has 0 spiro atoms. The van der Waals surface area contributed by atoms with Gasteiger partial charge in [-0.1, -0.05) is 0 Å². The molecule has 2 saturated heterocycles. The Hall–Kier alpha value is -1.08. The highest BCUT2D eigenvalue weighted by molar-refractivity contribution is 5.85. The highest BCUT2D eigenvalue weighted by Gasteiger charge is 2.37. The van der Waals surface area contributed by atoms with Crippen LogP contribution < -0.4 is 15.5 Å².